The van der Waals surface area contributed by atoms with Gasteiger partial charge in [0.15, 0.2) is 0 Å². The van der Waals surface area contributed by atoms with E-state index in [1.165, 1.54) is 5.69 Å². The fourth-order valence-electron chi connectivity index (χ4n) is 4.69. The molecular weight excluding hydrogens is 398 g/mol. The number of pyridine rings is 1. The van der Waals surface area contributed by atoms with Crippen molar-refractivity contribution in [3.05, 3.63) is 90.3 Å². The number of anilines is 2. The van der Waals surface area contributed by atoms with Crippen LogP contribution in [0.15, 0.2) is 79.1 Å². The van der Waals surface area contributed by atoms with Gasteiger partial charge in [0.2, 0.25) is 0 Å². The predicted octanol–water partition coefficient (Wildman–Crippen LogP) is 3.02. The Bertz CT molecular complexity index is 1030. The zero-order chi connectivity index (χ0) is 21.8. The minimum Gasteiger partial charge on any atom is -0.369 e. The van der Waals surface area contributed by atoms with E-state index in [1.54, 1.807) is 6.20 Å². The van der Waals surface area contributed by atoms with E-state index in [9.17, 15) is 4.79 Å². The molecule has 0 saturated carbocycles. The van der Waals surface area contributed by atoms with Crippen molar-refractivity contribution in [2.45, 2.75) is 12.6 Å². The molecule has 1 fully saturated rings. The van der Waals surface area contributed by atoms with Crippen LogP contribution in [0, 0.1) is 0 Å². The predicted molar refractivity (Wildman–Crippen MR) is 128 cm³/mol. The molecule has 1 N–H and O–H groups in total. The summed E-state index contributed by atoms with van der Waals surface area (Å²) in [6.07, 6.45) is 4.32. The maximum absolute atomic E-state index is 12.7. The van der Waals surface area contributed by atoms with Crippen molar-refractivity contribution in [3.8, 4) is 0 Å². The van der Waals surface area contributed by atoms with E-state index >= 15 is 0 Å². The van der Waals surface area contributed by atoms with E-state index in [1.807, 2.05) is 30.5 Å². The number of para-hydroxylation sites is 2. The van der Waals surface area contributed by atoms with Crippen LogP contribution in [0.2, 0.25) is 0 Å². The summed E-state index contributed by atoms with van der Waals surface area (Å²) in [4.78, 5) is 24.3. The summed E-state index contributed by atoms with van der Waals surface area (Å²) in [7, 11) is 0. The van der Waals surface area contributed by atoms with Crippen molar-refractivity contribution in [1.29, 1.82) is 0 Å². The van der Waals surface area contributed by atoms with Crippen LogP contribution in [0.25, 0.3) is 0 Å². The van der Waals surface area contributed by atoms with Crippen molar-refractivity contribution in [1.82, 2.24) is 15.2 Å². The van der Waals surface area contributed by atoms with Crippen LogP contribution < -0.4 is 15.1 Å². The molecule has 3 aromatic rings. The molecule has 1 amide bonds. The normalized spacial score (nSPS) is 18.9. The Hall–Kier alpha value is -3.38. The lowest BCUT2D eigenvalue weighted by molar-refractivity contribution is 0.0925. The number of amides is 1. The van der Waals surface area contributed by atoms with Crippen LogP contribution in [-0.4, -0.2) is 61.2 Å². The van der Waals surface area contributed by atoms with Gasteiger partial charge >= 0.3 is 0 Å². The minimum atomic E-state index is -0.0767. The lowest BCUT2D eigenvalue weighted by atomic mass is 10.0. The number of hydrogen-bond donors (Lipinski definition) is 1. The maximum Gasteiger partial charge on any atom is 0.254 e. The van der Waals surface area contributed by atoms with E-state index in [-0.39, 0.29) is 12.1 Å². The summed E-state index contributed by atoms with van der Waals surface area (Å²) in [6, 6.07) is 22.6. The summed E-state index contributed by atoms with van der Waals surface area (Å²) in [6.45, 7) is 6.00. The van der Waals surface area contributed by atoms with Crippen LogP contribution in [0.5, 0.6) is 0 Å². The van der Waals surface area contributed by atoms with Gasteiger partial charge < -0.3 is 15.1 Å². The van der Waals surface area contributed by atoms with E-state index in [2.05, 4.69) is 67.5 Å². The summed E-state index contributed by atoms with van der Waals surface area (Å²) < 4.78 is 0. The van der Waals surface area contributed by atoms with Gasteiger partial charge in [0.1, 0.15) is 6.17 Å². The van der Waals surface area contributed by atoms with E-state index in [4.69, 9.17) is 0 Å². The molecule has 3 heterocycles. The minimum absolute atomic E-state index is 0.00205. The molecule has 0 bridgehead atoms. The molecule has 6 heteroatoms. The van der Waals surface area contributed by atoms with Crippen molar-refractivity contribution < 1.29 is 4.79 Å². The smallest absolute Gasteiger partial charge is 0.254 e. The first kappa shape index (κ1) is 20.5. The highest BCUT2D eigenvalue weighted by molar-refractivity contribution is 6.02. The highest BCUT2D eigenvalue weighted by atomic mass is 16.2. The van der Waals surface area contributed by atoms with Crippen molar-refractivity contribution >= 4 is 17.3 Å². The third kappa shape index (κ3) is 4.46. The molecule has 5 rings (SSSR count). The monoisotopic (exact) mass is 427 g/mol. The van der Waals surface area contributed by atoms with Crippen molar-refractivity contribution in [2.75, 3.05) is 49.1 Å². The van der Waals surface area contributed by atoms with Crippen LogP contribution >= 0.6 is 0 Å². The number of piperazine rings is 1. The molecule has 2 aliphatic rings. The van der Waals surface area contributed by atoms with E-state index in [0.29, 0.717) is 0 Å². The number of nitrogens with one attached hydrogen (secondary N) is 1. The first-order valence-corrected chi connectivity index (χ1v) is 11.4. The van der Waals surface area contributed by atoms with Gasteiger partial charge in [0.05, 0.1) is 11.3 Å². The number of carbonyl (C=O) groups is 1. The topological polar surface area (TPSA) is 51.7 Å². The standard InChI is InChI=1S/C26H29N5O/c32-26-23-10-4-5-11-24(23)31(25(28-26)19-21-7-6-12-27-20-21)18-15-29-13-16-30(17-14-29)22-8-2-1-3-9-22/h1-12,20,25H,13-19H2,(H,28,32). The fourth-order valence-corrected chi connectivity index (χ4v) is 4.69. The second-order valence-corrected chi connectivity index (χ2v) is 8.43. The average Bonchev–Trinajstić information content (AvgIpc) is 2.85. The van der Waals surface area contributed by atoms with Gasteiger partial charge in [0, 0.05) is 63.8 Å². The molecule has 0 radical (unpaired) electrons. The van der Waals surface area contributed by atoms with Gasteiger partial charge in [-0.3, -0.25) is 14.7 Å². The SMILES string of the molecule is O=C1NC(Cc2cccnc2)N(CCN2CCN(c3ccccc3)CC2)c2ccccc21. The molecule has 2 aromatic carbocycles. The first-order valence-electron chi connectivity index (χ1n) is 11.4. The molecule has 1 unspecified atom stereocenters. The van der Waals surface area contributed by atoms with Crippen LogP contribution in [0.3, 0.4) is 0 Å². The number of nitrogens with zero attached hydrogens (tertiary/aromatic N) is 4. The molecule has 164 valence electrons. The summed E-state index contributed by atoms with van der Waals surface area (Å²) in [5.41, 5.74) is 4.20. The van der Waals surface area contributed by atoms with Gasteiger partial charge in [-0.05, 0) is 35.9 Å². The number of aromatic nitrogens is 1. The second-order valence-electron chi connectivity index (χ2n) is 8.43. The highest BCUT2D eigenvalue weighted by Crippen LogP contribution is 2.27. The summed E-state index contributed by atoms with van der Waals surface area (Å²) >= 11 is 0. The van der Waals surface area contributed by atoms with Crippen LogP contribution in [0.4, 0.5) is 11.4 Å². The Morgan fingerprint density at radius 2 is 1.66 bits per heavy atom. The van der Waals surface area contributed by atoms with Gasteiger partial charge in [-0.25, -0.2) is 0 Å². The summed E-state index contributed by atoms with van der Waals surface area (Å²) in [5, 5.41) is 3.22. The number of carbonyl (C=O) groups excluding carboxylic acids is 1. The van der Waals surface area contributed by atoms with E-state index in [0.717, 1.165) is 62.5 Å². The third-order valence-corrected chi connectivity index (χ3v) is 6.43. The van der Waals surface area contributed by atoms with Crippen molar-refractivity contribution in [2.24, 2.45) is 0 Å². The third-order valence-electron chi connectivity index (χ3n) is 6.43. The Morgan fingerprint density at radius 1 is 0.875 bits per heavy atom. The number of rotatable bonds is 6. The first-order chi connectivity index (χ1) is 15.8. The van der Waals surface area contributed by atoms with Gasteiger partial charge in [-0.1, -0.05) is 36.4 Å². The molecule has 0 spiro atoms. The maximum atomic E-state index is 12.7. The summed E-state index contributed by atoms with van der Waals surface area (Å²) in [5.74, 6) is 0.00205. The molecule has 32 heavy (non-hydrogen) atoms. The fraction of sp³-hybridized carbons (Fsp3) is 0.308. The molecule has 0 aliphatic carbocycles. The Labute approximate surface area is 189 Å². The highest BCUT2D eigenvalue weighted by Gasteiger charge is 2.31. The van der Waals surface area contributed by atoms with Crippen LogP contribution in [0.1, 0.15) is 15.9 Å². The van der Waals surface area contributed by atoms with Gasteiger partial charge in [-0.15, -0.1) is 0 Å². The second kappa shape index (κ2) is 9.40. The molecule has 2 aliphatic heterocycles. The lowest BCUT2D eigenvalue weighted by Crippen LogP contribution is -2.56. The molecule has 1 aromatic heterocycles. The number of benzene rings is 2. The zero-order valence-corrected chi connectivity index (χ0v) is 18.2. The largest absolute Gasteiger partial charge is 0.369 e. The van der Waals surface area contributed by atoms with Gasteiger partial charge in [0.25, 0.3) is 5.91 Å². The molecular formula is C26H29N5O. The molecule has 1 saturated heterocycles. The lowest BCUT2D eigenvalue weighted by Gasteiger charge is -2.41. The zero-order valence-electron chi connectivity index (χ0n) is 18.2. The van der Waals surface area contributed by atoms with Crippen LogP contribution in [-0.2, 0) is 6.42 Å². The number of fused-ring (bicyclic) bond motifs is 1. The molecule has 1 atom stereocenters. The average molecular weight is 428 g/mol. The quantitative estimate of drug-likeness (QED) is 0.655. The Kier molecular flexibility index (Phi) is 6.03. The number of hydrogen-bond acceptors (Lipinski definition) is 5. The van der Waals surface area contributed by atoms with Crippen molar-refractivity contribution in [3.63, 3.8) is 0 Å². The van der Waals surface area contributed by atoms with E-state index < -0.39 is 0 Å². The van der Waals surface area contributed by atoms with Gasteiger partial charge in [-0.2, -0.15) is 0 Å². The Morgan fingerprint density at radius 3 is 2.44 bits per heavy atom. The Balaban J connectivity index is 1.27. The molecule has 6 nitrogen and oxygen atoms in total.